The van der Waals surface area contributed by atoms with Gasteiger partial charge in [-0.1, -0.05) is 5.46 Å². The minimum atomic E-state index is -0.481. The Balaban J connectivity index is 1.51. The van der Waals surface area contributed by atoms with E-state index in [1.54, 1.807) is 17.3 Å². The third kappa shape index (κ3) is 5.71. The van der Waals surface area contributed by atoms with Crippen molar-refractivity contribution in [3.63, 3.8) is 0 Å². The summed E-state index contributed by atoms with van der Waals surface area (Å²) in [5.74, 6) is 2.13. The molecule has 2 radical (unpaired) electrons. The summed E-state index contributed by atoms with van der Waals surface area (Å²) in [5.41, 5.74) is 0.0414. The van der Waals surface area contributed by atoms with Crippen LogP contribution < -0.4 is 5.46 Å². The summed E-state index contributed by atoms with van der Waals surface area (Å²) >= 11 is 0. The summed E-state index contributed by atoms with van der Waals surface area (Å²) in [6.07, 6.45) is 6.57. The fourth-order valence-electron chi connectivity index (χ4n) is 2.89. The minimum Gasteiger partial charge on any atom is -0.472 e. The molecule has 3 heterocycles. The maximum absolute atomic E-state index is 12.2. The van der Waals surface area contributed by atoms with Crippen molar-refractivity contribution < 1.29 is 14.3 Å². The van der Waals surface area contributed by atoms with E-state index in [4.69, 9.17) is 17.3 Å². The van der Waals surface area contributed by atoms with Crippen molar-refractivity contribution in [2.24, 2.45) is 4.99 Å². The number of hydrogen-bond acceptors (Lipinski definition) is 7. The Hall–Kier alpha value is -2.58. The number of amides is 1. The maximum atomic E-state index is 12.2. The van der Waals surface area contributed by atoms with Crippen LogP contribution in [0.3, 0.4) is 0 Å². The van der Waals surface area contributed by atoms with E-state index >= 15 is 0 Å². The topological polar surface area (TPSA) is 80.2 Å². The molecule has 1 aromatic heterocycles. The first-order valence-corrected chi connectivity index (χ1v) is 9.50. The monoisotopic (exact) mass is 383 g/mol. The van der Waals surface area contributed by atoms with Gasteiger partial charge in [0.05, 0.1) is 0 Å². The number of allylic oxidation sites excluding steroid dienone is 1. The Labute approximate surface area is 167 Å². The zero-order valence-electron chi connectivity index (χ0n) is 16.7. The molecule has 0 bridgehead atoms. The van der Waals surface area contributed by atoms with E-state index in [-0.39, 0.29) is 12.7 Å². The van der Waals surface area contributed by atoms with Gasteiger partial charge in [-0.15, -0.1) is 0 Å². The van der Waals surface area contributed by atoms with Gasteiger partial charge in [0.15, 0.2) is 11.7 Å². The standard InChI is InChI=1S/C19H26BN5O3/c1-19(2,3)28-18(26)25-9-7-24(8-10-25)16-5-4-6-17(23-16)27-13-15-21-11-14(20)12-22-15/h5,11-12H,4,6-10,13H2,1-3H3. The van der Waals surface area contributed by atoms with Gasteiger partial charge in [-0.3, -0.25) is 0 Å². The predicted octanol–water partition coefficient (Wildman–Crippen LogP) is 1.37. The molecule has 9 heteroatoms. The van der Waals surface area contributed by atoms with Gasteiger partial charge in [-0.2, -0.15) is 0 Å². The molecule has 3 rings (SSSR count). The molecular formula is C19H26BN5O3. The molecule has 2 aliphatic heterocycles. The van der Waals surface area contributed by atoms with Gasteiger partial charge < -0.3 is 19.3 Å². The van der Waals surface area contributed by atoms with E-state index in [0.717, 1.165) is 18.7 Å². The first-order valence-electron chi connectivity index (χ1n) is 9.50. The molecule has 0 aromatic carbocycles. The molecule has 2 aliphatic rings. The van der Waals surface area contributed by atoms with Crippen LogP contribution in [0.5, 0.6) is 0 Å². The van der Waals surface area contributed by atoms with Crippen LogP contribution >= 0.6 is 0 Å². The number of nitrogens with zero attached hydrogens (tertiary/aromatic N) is 5. The van der Waals surface area contributed by atoms with Crippen molar-refractivity contribution in [2.45, 2.75) is 45.8 Å². The number of aromatic nitrogens is 2. The molecular weight excluding hydrogens is 357 g/mol. The second kappa shape index (κ2) is 8.62. The number of carbonyl (C=O) groups is 1. The first kappa shape index (κ1) is 20.2. The van der Waals surface area contributed by atoms with E-state index in [1.165, 1.54) is 0 Å². The van der Waals surface area contributed by atoms with Crippen molar-refractivity contribution in [1.82, 2.24) is 19.8 Å². The SMILES string of the molecule is [B]c1cnc(COC2=NC(N3CCN(C(=O)OC(C)(C)C)CC3)=CCC2)nc1. The van der Waals surface area contributed by atoms with E-state index in [9.17, 15) is 4.79 Å². The van der Waals surface area contributed by atoms with Crippen LogP contribution in [0.4, 0.5) is 4.79 Å². The molecule has 0 N–H and O–H groups in total. The zero-order valence-corrected chi connectivity index (χ0v) is 16.7. The van der Waals surface area contributed by atoms with E-state index < -0.39 is 5.60 Å². The van der Waals surface area contributed by atoms with Crippen LogP contribution in [0.25, 0.3) is 0 Å². The van der Waals surface area contributed by atoms with Crippen LogP contribution in [0, 0.1) is 0 Å². The molecule has 1 amide bonds. The first-order chi connectivity index (χ1) is 13.3. The predicted molar refractivity (Wildman–Crippen MR) is 106 cm³/mol. The van der Waals surface area contributed by atoms with Crippen molar-refractivity contribution >= 4 is 25.3 Å². The van der Waals surface area contributed by atoms with Crippen molar-refractivity contribution in [1.29, 1.82) is 0 Å². The largest absolute Gasteiger partial charge is 0.472 e. The highest BCUT2D eigenvalue weighted by Crippen LogP contribution is 2.19. The van der Waals surface area contributed by atoms with E-state index in [1.807, 2.05) is 20.8 Å². The molecule has 1 aromatic rings. The Bertz CT molecular complexity index is 750. The van der Waals surface area contributed by atoms with E-state index in [0.29, 0.717) is 43.4 Å². The van der Waals surface area contributed by atoms with Crippen LogP contribution in [0.2, 0.25) is 0 Å². The van der Waals surface area contributed by atoms with Gasteiger partial charge in [0.1, 0.15) is 25.9 Å². The summed E-state index contributed by atoms with van der Waals surface area (Å²) < 4.78 is 11.2. The average Bonchev–Trinajstić information content (AvgIpc) is 2.67. The lowest BCUT2D eigenvalue weighted by atomic mass is 10.0. The summed E-state index contributed by atoms with van der Waals surface area (Å²) in [7, 11) is 5.59. The number of carbonyl (C=O) groups excluding carboxylic acids is 1. The number of hydrogen-bond donors (Lipinski definition) is 0. The fraction of sp³-hybridized carbons (Fsp3) is 0.579. The second-order valence-electron chi connectivity index (χ2n) is 7.78. The number of piperazine rings is 1. The zero-order chi connectivity index (χ0) is 20.1. The smallest absolute Gasteiger partial charge is 0.410 e. The van der Waals surface area contributed by atoms with Crippen molar-refractivity contribution in [3.8, 4) is 0 Å². The van der Waals surface area contributed by atoms with Crippen LogP contribution in [0.15, 0.2) is 29.3 Å². The van der Waals surface area contributed by atoms with Gasteiger partial charge in [0, 0.05) is 45.0 Å². The molecule has 28 heavy (non-hydrogen) atoms. The number of rotatable bonds is 3. The Morgan fingerprint density at radius 2 is 1.86 bits per heavy atom. The molecule has 1 saturated heterocycles. The Morgan fingerprint density at radius 1 is 1.18 bits per heavy atom. The van der Waals surface area contributed by atoms with E-state index in [2.05, 4.69) is 25.9 Å². The highest BCUT2D eigenvalue weighted by atomic mass is 16.6. The number of aliphatic imine (C=N–C) groups is 1. The summed E-state index contributed by atoms with van der Waals surface area (Å²) in [6, 6.07) is 0. The third-order valence-corrected chi connectivity index (χ3v) is 4.27. The normalized spacial score (nSPS) is 17.7. The van der Waals surface area contributed by atoms with Gasteiger partial charge in [-0.25, -0.2) is 19.8 Å². The maximum Gasteiger partial charge on any atom is 0.410 e. The van der Waals surface area contributed by atoms with Gasteiger partial charge in [0.25, 0.3) is 0 Å². The van der Waals surface area contributed by atoms with Gasteiger partial charge in [-0.05, 0) is 33.3 Å². The second-order valence-corrected chi connectivity index (χ2v) is 7.78. The summed E-state index contributed by atoms with van der Waals surface area (Å²) in [6.45, 7) is 8.53. The molecule has 0 spiro atoms. The highest BCUT2D eigenvalue weighted by Gasteiger charge is 2.27. The fourth-order valence-corrected chi connectivity index (χ4v) is 2.89. The van der Waals surface area contributed by atoms with Crippen LogP contribution in [-0.2, 0) is 16.1 Å². The lowest BCUT2D eigenvalue weighted by Gasteiger charge is -2.37. The Morgan fingerprint density at radius 3 is 2.50 bits per heavy atom. The van der Waals surface area contributed by atoms with Crippen molar-refractivity contribution in [2.75, 3.05) is 26.2 Å². The molecule has 148 valence electrons. The third-order valence-electron chi connectivity index (χ3n) is 4.27. The highest BCUT2D eigenvalue weighted by molar-refractivity contribution is 6.31. The lowest BCUT2D eigenvalue weighted by molar-refractivity contribution is 0.0167. The molecule has 0 atom stereocenters. The van der Waals surface area contributed by atoms with Crippen molar-refractivity contribution in [3.05, 3.63) is 30.1 Å². The van der Waals surface area contributed by atoms with Gasteiger partial charge >= 0.3 is 6.09 Å². The molecule has 0 aliphatic carbocycles. The lowest BCUT2D eigenvalue weighted by Crippen LogP contribution is -2.49. The quantitative estimate of drug-likeness (QED) is 0.734. The average molecular weight is 383 g/mol. The summed E-state index contributed by atoms with van der Waals surface area (Å²) in [4.78, 5) is 29.0. The molecule has 0 saturated carbocycles. The molecule has 1 fully saturated rings. The minimum absolute atomic E-state index is 0.263. The molecule has 0 unspecified atom stereocenters. The van der Waals surface area contributed by atoms with Gasteiger partial charge in [0.2, 0.25) is 0 Å². The molecule has 8 nitrogen and oxygen atoms in total. The number of ether oxygens (including phenoxy) is 2. The Kier molecular flexibility index (Phi) is 6.21. The summed E-state index contributed by atoms with van der Waals surface area (Å²) in [5, 5.41) is 0. The van der Waals surface area contributed by atoms with Crippen LogP contribution in [0.1, 0.15) is 39.4 Å². The van der Waals surface area contributed by atoms with Crippen LogP contribution in [-0.4, -0.2) is 71.4 Å².